The van der Waals surface area contributed by atoms with E-state index in [1.54, 1.807) is 11.4 Å². The number of thiophene rings is 1. The third-order valence-corrected chi connectivity index (χ3v) is 3.29. The molecule has 0 saturated carbocycles. The van der Waals surface area contributed by atoms with Crippen molar-refractivity contribution >= 4 is 23.0 Å². The van der Waals surface area contributed by atoms with Crippen LogP contribution in [0.5, 0.6) is 5.75 Å². The molecule has 0 unspecified atom stereocenters. The molecule has 0 aliphatic rings. The summed E-state index contributed by atoms with van der Waals surface area (Å²) in [4.78, 5) is 26.9. The summed E-state index contributed by atoms with van der Waals surface area (Å²) >= 11 is 1.23. The van der Waals surface area contributed by atoms with Crippen molar-refractivity contribution in [3.63, 3.8) is 0 Å². The molecule has 2 aromatic heterocycles. The number of aromatic hydroxyl groups is 1. The van der Waals surface area contributed by atoms with Gasteiger partial charge in [0.15, 0.2) is 11.5 Å². The molecule has 0 radical (unpaired) electrons. The maximum absolute atomic E-state index is 11.7. The Labute approximate surface area is 105 Å². The summed E-state index contributed by atoms with van der Waals surface area (Å²) in [7, 11) is 1.38. The first-order valence-electron chi connectivity index (χ1n) is 4.80. The Balaban J connectivity index is 2.81. The Morgan fingerprint density at radius 3 is 2.72 bits per heavy atom. The van der Waals surface area contributed by atoms with E-state index in [1.807, 2.05) is 0 Å². The smallest absolute Gasteiger partial charge is 0.358 e. The highest BCUT2D eigenvalue weighted by Gasteiger charge is 2.21. The number of nitrogens with zero attached hydrogens (tertiary/aromatic N) is 2. The molecule has 8 heteroatoms. The number of hydrogen-bond acceptors (Lipinski definition) is 6. The number of carbonyl (C=O) groups is 1. The van der Waals surface area contributed by atoms with E-state index < -0.39 is 23.0 Å². The number of nitrogen functional groups attached to an aromatic ring is 1. The fraction of sp³-hybridized carbons (Fsp3) is 0.100. The van der Waals surface area contributed by atoms with Gasteiger partial charge >= 0.3 is 5.97 Å². The number of aromatic carboxylic acids is 1. The van der Waals surface area contributed by atoms with Crippen molar-refractivity contribution in [2.24, 2.45) is 7.05 Å². The zero-order valence-corrected chi connectivity index (χ0v) is 10.1. The predicted octanol–water partition coefficient (Wildman–Crippen LogP) is 0.495. The van der Waals surface area contributed by atoms with Crippen molar-refractivity contribution in [2.45, 2.75) is 0 Å². The molecular weight excluding hydrogens is 258 g/mol. The Morgan fingerprint density at radius 2 is 2.22 bits per heavy atom. The minimum Gasteiger partial charge on any atom is -0.501 e. The predicted molar refractivity (Wildman–Crippen MR) is 65.8 cm³/mol. The van der Waals surface area contributed by atoms with Crippen molar-refractivity contribution in [2.75, 3.05) is 5.73 Å². The van der Waals surface area contributed by atoms with E-state index >= 15 is 0 Å². The lowest BCUT2D eigenvalue weighted by Gasteiger charge is -2.08. The van der Waals surface area contributed by atoms with E-state index in [1.165, 1.54) is 18.4 Å². The molecule has 0 fully saturated rings. The molecule has 0 spiro atoms. The van der Waals surface area contributed by atoms with Crippen LogP contribution in [-0.2, 0) is 7.05 Å². The maximum Gasteiger partial charge on any atom is 0.358 e. The van der Waals surface area contributed by atoms with E-state index in [4.69, 9.17) is 10.8 Å². The molecule has 2 rings (SSSR count). The van der Waals surface area contributed by atoms with Crippen LogP contribution in [0.3, 0.4) is 0 Å². The van der Waals surface area contributed by atoms with Crippen LogP contribution in [-0.4, -0.2) is 25.7 Å². The van der Waals surface area contributed by atoms with Gasteiger partial charge in [0.25, 0.3) is 5.56 Å². The van der Waals surface area contributed by atoms with Crippen molar-refractivity contribution in [3.05, 3.63) is 27.5 Å². The number of anilines is 1. The van der Waals surface area contributed by atoms with E-state index in [9.17, 15) is 14.7 Å². The molecule has 0 aromatic carbocycles. The molecule has 0 amide bonds. The van der Waals surface area contributed by atoms with Crippen LogP contribution in [0.4, 0.5) is 5.69 Å². The van der Waals surface area contributed by atoms with E-state index in [0.717, 1.165) is 4.57 Å². The normalized spacial score (nSPS) is 10.5. The van der Waals surface area contributed by atoms with Crippen LogP contribution < -0.4 is 11.3 Å². The summed E-state index contributed by atoms with van der Waals surface area (Å²) in [6.07, 6.45) is 0. The standard InChI is InChI=1S/C10H9N3O4S/c1-13-8(7-4(11)2-3-18-7)12-5(10(16)17)6(14)9(13)15/h2-3,14H,11H2,1H3,(H,16,17). The largest absolute Gasteiger partial charge is 0.501 e. The Bertz CT molecular complexity index is 689. The average Bonchev–Trinajstić information content (AvgIpc) is 2.72. The Hall–Kier alpha value is -2.35. The van der Waals surface area contributed by atoms with Crippen LogP contribution >= 0.6 is 11.3 Å². The van der Waals surface area contributed by atoms with E-state index in [0.29, 0.717) is 10.6 Å². The molecule has 0 bridgehead atoms. The number of nitrogens with two attached hydrogens (primary N) is 1. The summed E-state index contributed by atoms with van der Waals surface area (Å²) in [5, 5.41) is 20.0. The lowest BCUT2D eigenvalue weighted by molar-refractivity contribution is 0.0686. The zero-order valence-electron chi connectivity index (χ0n) is 9.25. The van der Waals surface area contributed by atoms with Crippen LogP contribution in [0.25, 0.3) is 10.7 Å². The summed E-state index contributed by atoms with van der Waals surface area (Å²) in [5.74, 6) is -2.24. The minimum absolute atomic E-state index is 0.114. The molecule has 0 saturated heterocycles. The Morgan fingerprint density at radius 1 is 1.56 bits per heavy atom. The number of hydrogen-bond donors (Lipinski definition) is 3. The van der Waals surface area contributed by atoms with E-state index in [-0.39, 0.29) is 5.82 Å². The highest BCUT2D eigenvalue weighted by Crippen LogP contribution is 2.30. The van der Waals surface area contributed by atoms with Crippen molar-refractivity contribution < 1.29 is 15.0 Å². The zero-order chi connectivity index (χ0) is 13.4. The first-order valence-corrected chi connectivity index (χ1v) is 5.68. The monoisotopic (exact) mass is 267 g/mol. The van der Waals surface area contributed by atoms with Crippen LogP contribution in [0.2, 0.25) is 0 Å². The quantitative estimate of drug-likeness (QED) is 0.728. The van der Waals surface area contributed by atoms with E-state index in [2.05, 4.69) is 4.98 Å². The van der Waals surface area contributed by atoms with Gasteiger partial charge in [-0.2, -0.15) is 0 Å². The number of carboxylic acids is 1. The van der Waals surface area contributed by atoms with Gasteiger partial charge in [0, 0.05) is 7.05 Å². The van der Waals surface area contributed by atoms with Crippen molar-refractivity contribution in [1.82, 2.24) is 9.55 Å². The first kappa shape index (κ1) is 12.1. The fourth-order valence-electron chi connectivity index (χ4n) is 1.44. The summed E-state index contributed by atoms with van der Waals surface area (Å²) in [5.41, 5.74) is 4.59. The molecule has 18 heavy (non-hydrogen) atoms. The first-order chi connectivity index (χ1) is 8.43. The lowest BCUT2D eigenvalue weighted by Crippen LogP contribution is -2.23. The Kier molecular flexibility index (Phi) is 2.79. The van der Waals surface area contributed by atoms with Gasteiger partial charge in [0.2, 0.25) is 5.75 Å². The molecule has 4 N–H and O–H groups in total. The van der Waals surface area contributed by atoms with Gasteiger partial charge in [-0.1, -0.05) is 0 Å². The molecule has 0 aliphatic heterocycles. The average molecular weight is 267 g/mol. The molecule has 0 atom stereocenters. The third-order valence-electron chi connectivity index (χ3n) is 2.37. The highest BCUT2D eigenvalue weighted by molar-refractivity contribution is 7.14. The second-order valence-electron chi connectivity index (χ2n) is 3.51. The number of aromatic nitrogens is 2. The molecule has 7 nitrogen and oxygen atoms in total. The number of carboxylic acid groups (broad SMARTS) is 1. The third kappa shape index (κ3) is 1.72. The molecular formula is C10H9N3O4S. The van der Waals surface area contributed by atoms with Crippen LogP contribution in [0, 0.1) is 0 Å². The lowest BCUT2D eigenvalue weighted by atomic mass is 10.3. The molecule has 2 heterocycles. The highest BCUT2D eigenvalue weighted by atomic mass is 32.1. The maximum atomic E-state index is 11.7. The van der Waals surface area contributed by atoms with Gasteiger partial charge in [-0.3, -0.25) is 9.36 Å². The van der Waals surface area contributed by atoms with Gasteiger partial charge in [-0.15, -0.1) is 11.3 Å². The SMILES string of the molecule is Cn1c(-c2sccc2N)nc(C(=O)O)c(O)c1=O. The van der Waals surface area contributed by atoms with Crippen LogP contribution in [0.1, 0.15) is 10.5 Å². The van der Waals surface area contributed by atoms with Gasteiger partial charge in [-0.25, -0.2) is 9.78 Å². The van der Waals surface area contributed by atoms with Gasteiger partial charge in [0.05, 0.1) is 10.6 Å². The molecule has 2 aromatic rings. The van der Waals surface area contributed by atoms with Crippen LogP contribution in [0.15, 0.2) is 16.2 Å². The number of rotatable bonds is 2. The fourth-order valence-corrected chi connectivity index (χ4v) is 2.29. The van der Waals surface area contributed by atoms with Gasteiger partial charge < -0.3 is 15.9 Å². The molecule has 94 valence electrons. The van der Waals surface area contributed by atoms with Crippen molar-refractivity contribution in [3.8, 4) is 16.5 Å². The summed E-state index contributed by atoms with van der Waals surface area (Å²) in [6, 6.07) is 1.62. The van der Waals surface area contributed by atoms with Gasteiger partial charge in [0.1, 0.15) is 0 Å². The summed E-state index contributed by atoms with van der Waals surface area (Å²) in [6.45, 7) is 0. The topological polar surface area (TPSA) is 118 Å². The summed E-state index contributed by atoms with van der Waals surface area (Å²) < 4.78 is 1.06. The second-order valence-corrected chi connectivity index (χ2v) is 4.42. The minimum atomic E-state index is -1.47. The van der Waals surface area contributed by atoms with Crippen molar-refractivity contribution in [1.29, 1.82) is 0 Å². The molecule has 0 aliphatic carbocycles. The second kappa shape index (κ2) is 4.15. The van der Waals surface area contributed by atoms with Gasteiger partial charge in [-0.05, 0) is 11.4 Å².